The van der Waals surface area contributed by atoms with Gasteiger partial charge in [0.05, 0.1) is 0 Å². The number of nitrogens with one attached hydrogen (secondary N) is 1. The number of H-pyrrole nitrogens is 1. The van der Waals surface area contributed by atoms with Gasteiger partial charge >= 0.3 is 11.2 Å². The van der Waals surface area contributed by atoms with Crippen molar-refractivity contribution in [3.8, 4) is 0 Å². The van der Waals surface area contributed by atoms with E-state index >= 15 is 0 Å². The number of anilines is 1. The van der Waals surface area contributed by atoms with Crippen LogP contribution in [0.1, 0.15) is 13.8 Å². The lowest BCUT2D eigenvalue weighted by molar-refractivity contribution is 0.161. The van der Waals surface area contributed by atoms with Gasteiger partial charge in [-0.15, -0.1) is 0 Å². The first-order valence-corrected chi connectivity index (χ1v) is 6.72. The van der Waals surface area contributed by atoms with Crippen molar-refractivity contribution in [2.45, 2.75) is 13.8 Å². The van der Waals surface area contributed by atoms with Gasteiger partial charge in [-0.05, 0) is 26.0 Å². The van der Waals surface area contributed by atoms with Crippen LogP contribution in [0.4, 0.5) is 5.69 Å². The van der Waals surface area contributed by atoms with E-state index in [1.807, 2.05) is 26.0 Å². The van der Waals surface area contributed by atoms with E-state index in [0.717, 1.165) is 18.8 Å². The smallest absolute Gasteiger partial charge is 0.362 e. The van der Waals surface area contributed by atoms with E-state index in [-0.39, 0.29) is 10.3 Å². The molecule has 2 heterocycles. The second kappa shape index (κ2) is 4.69. The minimum Gasteiger partial charge on any atom is -0.448 e. The Balaban J connectivity index is 2.34. The first kappa shape index (κ1) is 13.3. The Morgan fingerprint density at radius 2 is 2.00 bits per heavy atom. The highest BCUT2D eigenvalue weighted by atomic mass is 16.5. The van der Waals surface area contributed by atoms with Crippen LogP contribution in [0.3, 0.4) is 0 Å². The Hall–Kier alpha value is -2.70. The maximum Gasteiger partial charge on any atom is 0.362 e. The molecule has 0 aliphatic heterocycles. The largest absolute Gasteiger partial charge is 0.448 e. The van der Waals surface area contributed by atoms with Crippen molar-refractivity contribution < 1.29 is 9.62 Å². The average Bonchev–Trinajstić information content (AvgIpc) is 2.84. The van der Waals surface area contributed by atoms with Gasteiger partial charge in [0.25, 0.3) is 0 Å². The minimum atomic E-state index is -0.886. The fraction of sp³-hybridized carbons (Fsp3) is 0.286. The van der Waals surface area contributed by atoms with E-state index in [1.165, 1.54) is 0 Å². The van der Waals surface area contributed by atoms with Gasteiger partial charge in [0, 0.05) is 30.2 Å². The molecule has 0 radical (unpaired) electrons. The van der Waals surface area contributed by atoms with E-state index in [2.05, 4.69) is 9.88 Å². The van der Waals surface area contributed by atoms with Gasteiger partial charge in [-0.1, -0.05) is 4.73 Å². The van der Waals surface area contributed by atoms with Gasteiger partial charge in [-0.25, -0.2) is 4.79 Å². The summed E-state index contributed by atoms with van der Waals surface area (Å²) in [6.07, 6.45) is 0. The molecule has 0 aliphatic carbocycles. The molecule has 0 unspecified atom stereocenters. The molecule has 3 rings (SSSR count). The Morgan fingerprint density at radius 3 is 2.67 bits per heavy atom. The zero-order valence-corrected chi connectivity index (χ0v) is 11.7. The summed E-state index contributed by atoms with van der Waals surface area (Å²) in [7, 11) is 0. The quantitative estimate of drug-likeness (QED) is 0.713. The summed E-state index contributed by atoms with van der Waals surface area (Å²) >= 11 is 0. The summed E-state index contributed by atoms with van der Waals surface area (Å²) in [6, 6.07) is 5.53. The van der Waals surface area contributed by atoms with Crippen molar-refractivity contribution in [2.24, 2.45) is 0 Å². The normalized spacial score (nSPS) is 11.3. The molecule has 0 amide bonds. The van der Waals surface area contributed by atoms with Crippen LogP contribution < -0.4 is 16.1 Å². The number of aromatic amines is 1. The van der Waals surface area contributed by atoms with Gasteiger partial charge in [-0.3, -0.25) is 4.79 Å². The zero-order valence-electron chi connectivity index (χ0n) is 11.7. The summed E-state index contributed by atoms with van der Waals surface area (Å²) in [5.41, 5.74) is -0.0517. The Labute approximate surface area is 119 Å². The number of rotatable bonds is 3. The monoisotopic (exact) mass is 289 g/mol. The van der Waals surface area contributed by atoms with Crippen LogP contribution in [0.15, 0.2) is 32.2 Å². The van der Waals surface area contributed by atoms with Crippen molar-refractivity contribution in [3.63, 3.8) is 0 Å². The summed E-state index contributed by atoms with van der Waals surface area (Å²) in [5, 5.41) is 9.98. The van der Waals surface area contributed by atoms with E-state index < -0.39 is 11.2 Å². The van der Waals surface area contributed by atoms with Crippen LogP contribution in [-0.2, 0) is 0 Å². The second-order valence-corrected chi connectivity index (χ2v) is 4.71. The maximum atomic E-state index is 11.8. The second-order valence-electron chi connectivity index (χ2n) is 4.71. The van der Waals surface area contributed by atoms with Crippen molar-refractivity contribution in [3.05, 3.63) is 39.0 Å². The molecule has 7 heteroatoms. The number of hydrogen-bond acceptors (Lipinski definition) is 5. The molecular weight excluding hydrogens is 274 g/mol. The maximum absolute atomic E-state index is 11.8. The van der Waals surface area contributed by atoms with Gasteiger partial charge in [0.1, 0.15) is 11.1 Å². The van der Waals surface area contributed by atoms with E-state index in [0.29, 0.717) is 16.5 Å². The Bertz CT molecular complexity index is 931. The molecule has 0 aliphatic rings. The van der Waals surface area contributed by atoms with Gasteiger partial charge < -0.3 is 19.5 Å². The Kier molecular flexibility index (Phi) is 2.97. The standard InChI is InChI=1S/C14H15N3O4/c1-3-16(4-2)8-5-6-9-10(7-8)21-12-11(9)15-14(19)17(20)13(12)18/h5-7,20H,3-4H2,1-2H3,(H,15,19). The number of aromatic nitrogens is 2. The Morgan fingerprint density at radius 1 is 1.29 bits per heavy atom. The van der Waals surface area contributed by atoms with Gasteiger partial charge in [0.15, 0.2) is 0 Å². The summed E-state index contributed by atoms with van der Waals surface area (Å²) < 4.78 is 5.52. The lowest BCUT2D eigenvalue weighted by Crippen LogP contribution is -2.32. The zero-order chi connectivity index (χ0) is 15.1. The first-order valence-electron chi connectivity index (χ1n) is 6.72. The molecule has 0 saturated heterocycles. The van der Waals surface area contributed by atoms with Gasteiger partial charge in [0.2, 0.25) is 5.58 Å². The number of furan rings is 1. The molecule has 2 N–H and O–H groups in total. The van der Waals surface area contributed by atoms with Crippen molar-refractivity contribution in [2.75, 3.05) is 18.0 Å². The van der Waals surface area contributed by atoms with Crippen LogP contribution in [0.25, 0.3) is 22.1 Å². The highest BCUT2D eigenvalue weighted by molar-refractivity contribution is 6.02. The van der Waals surface area contributed by atoms with Crippen molar-refractivity contribution in [1.29, 1.82) is 0 Å². The topological polar surface area (TPSA) is 91.5 Å². The van der Waals surface area contributed by atoms with Crippen LogP contribution in [0, 0.1) is 0 Å². The molecule has 0 bridgehead atoms. The lowest BCUT2D eigenvalue weighted by atomic mass is 10.2. The van der Waals surface area contributed by atoms with Crippen LogP contribution in [0.2, 0.25) is 0 Å². The van der Waals surface area contributed by atoms with Crippen LogP contribution in [-0.4, -0.2) is 28.0 Å². The van der Waals surface area contributed by atoms with Gasteiger partial charge in [-0.2, -0.15) is 0 Å². The molecule has 3 aromatic rings. The van der Waals surface area contributed by atoms with E-state index in [1.54, 1.807) is 6.07 Å². The van der Waals surface area contributed by atoms with Crippen molar-refractivity contribution in [1.82, 2.24) is 9.71 Å². The third-order valence-electron chi connectivity index (χ3n) is 3.61. The van der Waals surface area contributed by atoms with Crippen LogP contribution in [0.5, 0.6) is 0 Å². The highest BCUT2D eigenvalue weighted by Gasteiger charge is 2.15. The number of benzene rings is 1. The molecule has 0 spiro atoms. The molecule has 21 heavy (non-hydrogen) atoms. The summed E-state index contributed by atoms with van der Waals surface area (Å²) in [4.78, 5) is 27.9. The van der Waals surface area contributed by atoms with E-state index in [4.69, 9.17) is 4.42 Å². The fourth-order valence-electron chi connectivity index (χ4n) is 2.49. The lowest BCUT2D eigenvalue weighted by Gasteiger charge is -2.20. The average molecular weight is 289 g/mol. The van der Waals surface area contributed by atoms with E-state index in [9.17, 15) is 14.8 Å². The number of fused-ring (bicyclic) bond motifs is 3. The fourth-order valence-corrected chi connectivity index (χ4v) is 2.49. The molecule has 0 saturated carbocycles. The molecule has 7 nitrogen and oxygen atoms in total. The molecule has 110 valence electrons. The van der Waals surface area contributed by atoms with Crippen LogP contribution >= 0.6 is 0 Å². The first-order chi connectivity index (χ1) is 10.1. The molecule has 0 atom stereocenters. The third kappa shape index (κ3) is 1.89. The predicted octanol–water partition coefficient (Wildman–Crippen LogP) is 1.52. The summed E-state index contributed by atoms with van der Waals surface area (Å²) in [5.74, 6) is 0. The number of nitrogens with zero attached hydrogens (tertiary/aromatic N) is 2. The molecular formula is C14H15N3O4. The molecule has 2 aromatic heterocycles. The predicted molar refractivity (Wildman–Crippen MR) is 79.3 cm³/mol. The molecule has 0 fully saturated rings. The highest BCUT2D eigenvalue weighted by Crippen LogP contribution is 2.28. The van der Waals surface area contributed by atoms with Crippen molar-refractivity contribution >= 4 is 27.8 Å². The SMILES string of the molecule is CCN(CC)c1ccc2c(c1)oc1c(=O)n(O)c(=O)[nH]c12. The minimum absolute atomic E-state index is 0.00994. The summed E-state index contributed by atoms with van der Waals surface area (Å²) in [6.45, 7) is 5.80. The molecule has 1 aromatic carbocycles. The number of hydrogen-bond donors (Lipinski definition) is 2. The third-order valence-corrected chi connectivity index (χ3v) is 3.61.